The number of methoxy groups -OCH3 is 1. The molecule has 0 aliphatic heterocycles. The lowest BCUT2D eigenvalue weighted by molar-refractivity contribution is 0.185. The van der Waals surface area contributed by atoms with Crippen LogP contribution >= 0.6 is 7.92 Å². The molecule has 1 aromatic carbocycles. The molecule has 6 heteroatoms. The Morgan fingerprint density at radius 2 is 1.88 bits per heavy atom. The van der Waals surface area contributed by atoms with Crippen LogP contribution in [0.15, 0.2) is 24.3 Å². The zero-order valence-electron chi connectivity index (χ0n) is 10.5. The van der Waals surface area contributed by atoms with Crippen molar-refractivity contribution in [1.29, 1.82) is 0 Å². The SMILES string of the molecule is COCc1cccc(P(C)C)c1.CS(=O)(=O)O. The summed E-state index contributed by atoms with van der Waals surface area (Å²) in [4.78, 5) is 0. The van der Waals surface area contributed by atoms with E-state index in [-0.39, 0.29) is 7.92 Å². The van der Waals surface area contributed by atoms with Gasteiger partial charge in [0.15, 0.2) is 0 Å². The van der Waals surface area contributed by atoms with E-state index in [1.807, 2.05) is 0 Å². The van der Waals surface area contributed by atoms with Crippen LogP contribution in [0.2, 0.25) is 0 Å². The average Bonchev–Trinajstić information content (AvgIpc) is 2.16. The van der Waals surface area contributed by atoms with Crippen LogP contribution in [0.4, 0.5) is 0 Å². The predicted octanol–water partition coefficient (Wildman–Crippen LogP) is 1.70. The Morgan fingerprint density at radius 3 is 2.29 bits per heavy atom. The largest absolute Gasteiger partial charge is 0.380 e. The summed E-state index contributed by atoms with van der Waals surface area (Å²) in [6.07, 6.45) is 0.715. The number of ether oxygens (including phenoxy) is 1. The Bertz CT molecular complexity index is 421. The molecule has 0 unspecified atom stereocenters. The lowest BCUT2D eigenvalue weighted by Gasteiger charge is -2.07. The Balaban J connectivity index is 0.000000437. The molecular formula is C11H19O4PS. The van der Waals surface area contributed by atoms with Gasteiger partial charge in [-0.3, -0.25) is 4.55 Å². The highest BCUT2D eigenvalue weighted by Crippen LogP contribution is 2.23. The molecule has 4 nitrogen and oxygen atoms in total. The van der Waals surface area contributed by atoms with Crippen molar-refractivity contribution in [3.63, 3.8) is 0 Å². The standard InChI is InChI=1S/C10H15OP.CH4O3S/c1-11-8-9-5-4-6-10(7-9)12(2)3;1-5(2,3)4/h4-7H,8H2,1-3H3;1H3,(H,2,3,4). The minimum Gasteiger partial charge on any atom is -0.380 e. The molecule has 1 N–H and O–H groups in total. The minimum absolute atomic E-state index is 0.0219. The topological polar surface area (TPSA) is 63.6 Å². The number of benzene rings is 1. The molecular weight excluding hydrogens is 259 g/mol. The Morgan fingerprint density at radius 1 is 1.35 bits per heavy atom. The van der Waals surface area contributed by atoms with Gasteiger partial charge in [0.25, 0.3) is 10.1 Å². The molecule has 0 bridgehead atoms. The van der Waals surface area contributed by atoms with Gasteiger partial charge in [0, 0.05) is 7.11 Å². The molecule has 0 atom stereocenters. The third kappa shape index (κ3) is 10.4. The van der Waals surface area contributed by atoms with E-state index in [0.717, 1.165) is 6.61 Å². The molecule has 0 aromatic heterocycles. The second kappa shape index (κ2) is 7.77. The van der Waals surface area contributed by atoms with Crippen LogP contribution < -0.4 is 5.30 Å². The van der Waals surface area contributed by atoms with Gasteiger partial charge in [0.2, 0.25) is 0 Å². The molecule has 0 saturated heterocycles. The minimum atomic E-state index is -3.67. The quantitative estimate of drug-likeness (QED) is 0.675. The maximum atomic E-state index is 9.19. The van der Waals surface area contributed by atoms with Crippen LogP contribution in [0.1, 0.15) is 5.56 Å². The fourth-order valence-electron chi connectivity index (χ4n) is 1.09. The third-order valence-corrected chi connectivity index (χ3v) is 3.05. The van der Waals surface area contributed by atoms with Gasteiger partial charge in [-0.1, -0.05) is 26.1 Å². The van der Waals surface area contributed by atoms with E-state index in [1.165, 1.54) is 10.9 Å². The first-order valence-corrected chi connectivity index (χ1v) is 9.00. The average molecular weight is 278 g/mol. The van der Waals surface area contributed by atoms with Crippen molar-refractivity contribution in [2.75, 3.05) is 26.7 Å². The summed E-state index contributed by atoms with van der Waals surface area (Å²) in [5.74, 6) is 0. The van der Waals surface area contributed by atoms with Crippen LogP contribution in [0, 0.1) is 0 Å². The fourth-order valence-corrected chi connectivity index (χ4v) is 1.90. The Hall–Kier alpha value is -0.480. The molecule has 0 aliphatic rings. The summed E-state index contributed by atoms with van der Waals surface area (Å²) < 4.78 is 30.9. The third-order valence-electron chi connectivity index (χ3n) is 1.74. The summed E-state index contributed by atoms with van der Waals surface area (Å²) >= 11 is 0. The van der Waals surface area contributed by atoms with Gasteiger partial charge in [0.1, 0.15) is 0 Å². The van der Waals surface area contributed by atoms with Gasteiger partial charge in [-0.25, -0.2) is 0 Å². The molecule has 0 fully saturated rings. The van der Waals surface area contributed by atoms with Crippen molar-refractivity contribution in [2.24, 2.45) is 0 Å². The summed E-state index contributed by atoms with van der Waals surface area (Å²) in [5.41, 5.74) is 1.27. The predicted molar refractivity (Wildman–Crippen MR) is 73.0 cm³/mol. The van der Waals surface area contributed by atoms with Gasteiger partial charge in [-0.05, 0) is 30.3 Å². The molecule has 0 amide bonds. The first-order valence-electron chi connectivity index (χ1n) is 4.91. The van der Waals surface area contributed by atoms with Gasteiger partial charge >= 0.3 is 0 Å². The maximum Gasteiger partial charge on any atom is 0.261 e. The summed E-state index contributed by atoms with van der Waals surface area (Å²) in [6.45, 7) is 5.25. The molecule has 98 valence electrons. The zero-order valence-corrected chi connectivity index (χ0v) is 12.3. The summed E-state index contributed by atoms with van der Waals surface area (Å²) in [7, 11) is -1.92. The highest BCUT2D eigenvalue weighted by atomic mass is 32.2. The molecule has 0 saturated carbocycles. The number of rotatable bonds is 3. The molecule has 0 radical (unpaired) electrons. The monoisotopic (exact) mass is 278 g/mol. The van der Waals surface area contributed by atoms with E-state index < -0.39 is 10.1 Å². The molecule has 1 aromatic rings. The van der Waals surface area contributed by atoms with Crippen molar-refractivity contribution in [2.45, 2.75) is 6.61 Å². The second-order valence-electron chi connectivity index (χ2n) is 3.73. The molecule has 1 rings (SSSR count). The smallest absolute Gasteiger partial charge is 0.261 e. The van der Waals surface area contributed by atoms with Crippen molar-refractivity contribution in [3.8, 4) is 0 Å². The Kier molecular flexibility index (Phi) is 7.55. The fraction of sp³-hybridized carbons (Fsp3) is 0.455. The van der Waals surface area contributed by atoms with Crippen LogP contribution in [0.3, 0.4) is 0 Å². The lowest BCUT2D eigenvalue weighted by Crippen LogP contribution is -2.00. The van der Waals surface area contributed by atoms with Crippen molar-refractivity contribution in [3.05, 3.63) is 29.8 Å². The van der Waals surface area contributed by atoms with E-state index in [9.17, 15) is 8.42 Å². The highest BCUT2D eigenvalue weighted by Gasteiger charge is 1.98. The van der Waals surface area contributed by atoms with Gasteiger partial charge in [-0.2, -0.15) is 8.42 Å². The van der Waals surface area contributed by atoms with Crippen LogP contribution in [-0.4, -0.2) is 39.7 Å². The molecule has 0 aliphatic carbocycles. The van der Waals surface area contributed by atoms with E-state index in [2.05, 4.69) is 37.6 Å². The van der Waals surface area contributed by atoms with E-state index in [1.54, 1.807) is 7.11 Å². The van der Waals surface area contributed by atoms with Gasteiger partial charge in [0.05, 0.1) is 12.9 Å². The van der Waals surface area contributed by atoms with Crippen LogP contribution in [-0.2, 0) is 21.5 Å². The molecule has 0 spiro atoms. The van der Waals surface area contributed by atoms with Gasteiger partial charge < -0.3 is 4.74 Å². The van der Waals surface area contributed by atoms with Gasteiger partial charge in [-0.15, -0.1) is 0 Å². The highest BCUT2D eigenvalue weighted by molar-refractivity contribution is 7.85. The first-order chi connectivity index (χ1) is 7.74. The maximum absolute atomic E-state index is 9.19. The summed E-state index contributed by atoms with van der Waals surface area (Å²) in [5, 5.41) is 1.44. The van der Waals surface area contributed by atoms with Crippen LogP contribution in [0.5, 0.6) is 0 Å². The normalized spacial score (nSPS) is 10.9. The molecule has 17 heavy (non-hydrogen) atoms. The van der Waals surface area contributed by atoms with Crippen LogP contribution in [0.25, 0.3) is 0 Å². The van der Waals surface area contributed by atoms with Crippen molar-refractivity contribution >= 4 is 23.3 Å². The second-order valence-corrected chi connectivity index (χ2v) is 7.50. The lowest BCUT2D eigenvalue weighted by atomic mass is 10.2. The number of hydrogen-bond acceptors (Lipinski definition) is 3. The van der Waals surface area contributed by atoms with E-state index >= 15 is 0 Å². The number of hydrogen-bond donors (Lipinski definition) is 1. The zero-order chi connectivity index (χ0) is 13.5. The molecule has 0 heterocycles. The van der Waals surface area contributed by atoms with E-state index in [4.69, 9.17) is 9.29 Å². The van der Waals surface area contributed by atoms with Crippen molar-refractivity contribution < 1.29 is 17.7 Å². The Labute approximate surface area is 105 Å². The summed E-state index contributed by atoms with van der Waals surface area (Å²) in [6, 6.07) is 8.62. The first kappa shape index (κ1) is 16.5. The van der Waals surface area contributed by atoms with E-state index in [0.29, 0.717) is 6.26 Å². The van der Waals surface area contributed by atoms with Crippen molar-refractivity contribution in [1.82, 2.24) is 0 Å².